The smallest absolute Gasteiger partial charge is 0.211 e. The molecule has 2 N–H and O–H groups in total. The molecule has 0 aromatic heterocycles. The van der Waals surface area contributed by atoms with Crippen molar-refractivity contribution in [3.8, 4) is 0 Å². The standard InChI is InChI=1S/C10H20N2O3S/c1-2-16(13,14)12-6-5-11-8-10-4-3-7-15-9-10/h4,11-12H,2-3,5-9H2,1H3. The molecule has 6 heteroatoms. The lowest BCUT2D eigenvalue weighted by atomic mass is 10.2. The van der Waals surface area contributed by atoms with Crippen LogP contribution in [0.4, 0.5) is 0 Å². The summed E-state index contributed by atoms with van der Waals surface area (Å²) in [5, 5.41) is 3.18. The van der Waals surface area contributed by atoms with Crippen LogP contribution in [-0.2, 0) is 14.8 Å². The Labute approximate surface area is 97.3 Å². The van der Waals surface area contributed by atoms with Gasteiger partial charge in [0.25, 0.3) is 0 Å². The summed E-state index contributed by atoms with van der Waals surface area (Å²) < 4.78 is 30.0. The molecule has 16 heavy (non-hydrogen) atoms. The molecule has 0 atom stereocenters. The second-order valence-corrected chi connectivity index (χ2v) is 5.77. The minimum absolute atomic E-state index is 0.131. The number of hydrogen-bond acceptors (Lipinski definition) is 4. The number of hydrogen-bond donors (Lipinski definition) is 2. The maximum atomic E-state index is 11.1. The van der Waals surface area contributed by atoms with Gasteiger partial charge in [0.05, 0.1) is 19.0 Å². The van der Waals surface area contributed by atoms with Crippen LogP contribution in [0, 0.1) is 0 Å². The maximum absolute atomic E-state index is 11.1. The Morgan fingerprint density at radius 2 is 2.25 bits per heavy atom. The molecule has 1 heterocycles. The summed E-state index contributed by atoms with van der Waals surface area (Å²) in [6.07, 6.45) is 3.15. The normalized spacial score (nSPS) is 17.2. The van der Waals surface area contributed by atoms with Gasteiger partial charge >= 0.3 is 0 Å². The number of sulfonamides is 1. The molecule has 0 aromatic rings. The van der Waals surface area contributed by atoms with Crippen LogP contribution < -0.4 is 10.0 Å². The maximum Gasteiger partial charge on any atom is 0.211 e. The minimum atomic E-state index is -3.05. The van der Waals surface area contributed by atoms with Gasteiger partial charge in [0.2, 0.25) is 10.0 Å². The molecule has 0 amide bonds. The predicted molar refractivity (Wildman–Crippen MR) is 63.9 cm³/mol. The molecule has 1 aliphatic rings. The van der Waals surface area contributed by atoms with Crippen LogP contribution in [0.15, 0.2) is 11.6 Å². The third-order valence-electron chi connectivity index (χ3n) is 2.34. The van der Waals surface area contributed by atoms with Crippen molar-refractivity contribution in [2.75, 3.05) is 38.6 Å². The van der Waals surface area contributed by atoms with Crippen molar-refractivity contribution in [1.29, 1.82) is 0 Å². The van der Waals surface area contributed by atoms with Crippen molar-refractivity contribution in [3.63, 3.8) is 0 Å². The second kappa shape index (κ2) is 7.01. The molecule has 5 nitrogen and oxygen atoms in total. The average Bonchev–Trinajstić information content (AvgIpc) is 2.30. The van der Waals surface area contributed by atoms with E-state index >= 15 is 0 Å². The van der Waals surface area contributed by atoms with Crippen molar-refractivity contribution in [3.05, 3.63) is 11.6 Å². The van der Waals surface area contributed by atoms with E-state index in [1.54, 1.807) is 6.92 Å². The average molecular weight is 248 g/mol. The molecule has 0 bridgehead atoms. The lowest BCUT2D eigenvalue weighted by molar-refractivity contribution is 0.149. The van der Waals surface area contributed by atoms with Gasteiger partial charge in [-0.15, -0.1) is 0 Å². The Balaban J connectivity index is 2.06. The Bertz CT molecular complexity index is 325. The van der Waals surface area contributed by atoms with Gasteiger partial charge in [0.15, 0.2) is 0 Å². The molecule has 1 aliphatic heterocycles. The molecule has 0 unspecified atom stereocenters. The number of nitrogens with one attached hydrogen (secondary N) is 2. The van der Waals surface area contributed by atoms with Crippen LogP contribution in [0.25, 0.3) is 0 Å². The van der Waals surface area contributed by atoms with E-state index in [1.807, 2.05) is 0 Å². The topological polar surface area (TPSA) is 67.4 Å². The van der Waals surface area contributed by atoms with Crippen LogP contribution in [0.2, 0.25) is 0 Å². The van der Waals surface area contributed by atoms with Gasteiger partial charge in [0, 0.05) is 19.6 Å². The van der Waals surface area contributed by atoms with E-state index in [1.165, 1.54) is 5.57 Å². The Hall–Kier alpha value is -0.430. The van der Waals surface area contributed by atoms with E-state index in [4.69, 9.17) is 4.74 Å². The minimum Gasteiger partial charge on any atom is -0.377 e. The molecular formula is C10H20N2O3S. The van der Waals surface area contributed by atoms with Crippen LogP contribution in [0.1, 0.15) is 13.3 Å². The molecule has 0 saturated carbocycles. The van der Waals surface area contributed by atoms with Crippen molar-refractivity contribution < 1.29 is 13.2 Å². The molecule has 0 aliphatic carbocycles. The molecular weight excluding hydrogens is 228 g/mol. The molecule has 0 aromatic carbocycles. The first kappa shape index (κ1) is 13.6. The van der Waals surface area contributed by atoms with Gasteiger partial charge in [-0.05, 0) is 18.9 Å². The van der Waals surface area contributed by atoms with E-state index in [2.05, 4.69) is 16.1 Å². The van der Waals surface area contributed by atoms with E-state index in [9.17, 15) is 8.42 Å². The van der Waals surface area contributed by atoms with Crippen molar-refractivity contribution in [2.24, 2.45) is 0 Å². The first-order chi connectivity index (χ1) is 7.64. The van der Waals surface area contributed by atoms with Crippen LogP contribution in [-0.4, -0.2) is 47.0 Å². The molecule has 0 fully saturated rings. The van der Waals surface area contributed by atoms with Gasteiger partial charge in [-0.1, -0.05) is 6.08 Å². The van der Waals surface area contributed by atoms with Gasteiger partial charge in [-0.2, -0.15) is 0 Å². The van der Waals surface area contributed by atoms with Gasteiger partial charge in [-0.25, -0.2) is 13.1 Å². The summed E-state index contributed by atoms with van der Waals surface area (Å²) in [7, 11) is -3.05. The van der Waals surface area contributed by atoms with E-state index in [0.29, 0.717) is 19.7 Å². The van der Waals surface area contributed by atoms with Gasteiger partial charge in [0.1, 0.15) is 0 Å². The highest BCUT2D eigenvalue weighted by Gasteiger charge is 2.05. The lowest BCUT2D eigenvalue weighted by Gasteiger charge is -2.14. The first-order valence-corrected chi connectivity index (χ1v) is 7.23. The lowest BCUT2D eigenvalue weighted by Crippen LogP contribution is -2.33. The zero-order chi connectivity index (χ0) is 11.9. The summed E-state index contributed by atoms with van der Waals surface area (Å²) in [5.41, 5.74) is 1.24. The molecule has 0 saturated heterocycles. The SMILES string of the molecule is CCS(=O)(=O)NCCNCC1=CCCOC1. The second-order valence-electron chi connectivity index (χ2n) is 3.68. The number of ether oxygens (including phenoxy) is 1. The highest BCUT2D eigenvalue weighted by Crippen LogP contribution is 2.03. The number of rotatable bonds is 7. The Kier molecular flexibility index (Phi) is 5.97. The van der Waals surface area contributed by atoms with E-state index < -0.39 is 10.0 Å². The van der Waals surface area contributed by atoms with Gasteiger partial charge in [-0.3, -0.25) is 0 Å². The fraction of sp³-hybridized carbons (Fsp3) is 0.800. The third kappa shape index (κ3) is 5.60. The molecule has 94 valence electrons. The van der Waals surface area contributed by atoms with Crippen molar-refractivity contribution in [1.82, 2.24) is 10.0 Å². The summed E-state index contributed by atoms with van der Waals surface area (Å²) >= 11 is 0. The zero-order valence-electron chi connectivity index (χ0n) is 9.66. The molecule has 1 rings (SSSR count). The quantitative estimate of drug-likeness (QED) is 0.486. The first-order valence-electron chi connectivity index (χ1n) is 5.58. The zero-order valence-corrected chi connectivity index (χ0v) is 10.5. The fourth-order valence-corrected chi connectivity index (χ4v) is 1.99. The van der Waals surface area contributed by atoms with Crippen LogP contribution >= 0.6 is 0 Å². The van der Waals surface area contributed by atoms with E-state index in [0.717, 1.165) is 19.6 Å². The van der Waals surface area contributed by atoms with Crippen molar-refractivity contribution in [2.45, 2.75) is 13.3 Å². The van der Waals surface area contributed by atoms with E-state index in [-0.39, 0.29) is 5.75 Å². The largest absolute Gasteiger partial charge is 0.377 e. The summed E-state index contributed by atoms with van der Waals surface area (Å²) in [6, 6.07) is 0. The Morgan fingerprint density at radius 3 is 2.88 bits per heavy atom. The van der Waals surface area contributed by atoms with Crippen molar-refractivity contribution >= 4 is 10.0 Å². The summed E-state index contributed by atoms with van der Waals surface area (Å²) in [6.45, 7) is 4.96. The summed E-state index contributed by atoms with van der Waals surface area (Å²) in [5.74, 6) is 0.131. The molecule has 0 radical (unpaired) electrons. The van der Waals surface area contributed by atoms with Gasteiger partial charge < -0.3 is 10.1 Å². The third-order valence-corrected chi connectivity index (χ3v) is 3.74. The fourth-order valence-electron chi connectivity index (χ4n) is 1.38. The Morgan fingerprint density at radius 1 is 1.44 bits per heavy atom. The highest BCUT2D eigenvalue weighted by molar-refractivity contribution is 7.89. The molecule has 0 spiro atoms. The highest BCUT2D eigenvalue weighted by atomic mass is 32.2. The predicted octanol–water partition coefficient (Wildman–Crippen LogP) is -0.138. The van der Waals surface area contributed by atoms with Crippen LogP contribution in [0.3, 0.4) is 0 Å². The van der Waals surface area contributed by atoms with Crippen LogP contribution in [0.5, 0.6) is 0 Å². The monoisotopic (exact) mass is 248 g/mol. The summed E-state index contributed by atoms with van der Waals surface area (Å²) in [4.78, 5) is 0.